The average molecular weight is 447 g/mol. The molecular weight excluding hydrogens is 428 g/mol. The number of halogens is 1. The van der Waals surface area contributed by atoms with E-state index in [2.05, 4.69) is 20.9 Å². The zero-order chi connectivity index (χ0) is 21.4. The van der Waals surface area contributed by atoms with Crippen molar-refractivity contribution in [2.45, 2.75) is 12.1 Å². The molecule has 0 radical (unpaired) electrons. The van der Waals surface area contributed by atoms with E-state index in [1.165, 1.54) is 0 Å². The fourth-order valence-corrected chi connectivity index (χ4v) is 4.60. The standard InChI is InChI=1S/C24H19ClN4OS/c25-16-7-5-8-17(15-16)28-14-6-11-20(28)23-22(18-9-3-4-13-26-18)27-24(31)29(23)19-10-1-2-12-21(19)30/h1-15,22-23,30H,(H,27,31). The third-order valence-corrected chi connectivity index (χ3v) is 5.96. The second-order valence-corrected chi connectivity index (χ2v) is 8.09. The van der Waals surface area contributed by atoms with Crippen molar-refractivity contribution in [2.24, 2.45) is 0 Å². The van der Waals surface area contributed by atoms with Gasteiger partial charge in [0.2, 0.25) is 0 Å². The van der Waals surface area contributed by atoms with Crippen molar-refractivity contribution < 1.29 is 5.11 Å². The lowest BCUT2D eigenvalue weighted by Gasteiger charge is -2.29. The van der Waals surface area contributed by atoms with Gasteiger partial charge in [0.15, 0.2) is 5.11 Å². The van der Waals surface area contributed by atoms with Crippen LogP contribution in [0, 0.1) is 0 Å². The number of nitrogens with one attached hydrogen (secondary N) is 1. The van der Waals surface area contributed by atoms with Crippen molar-refractivity contribution in [3.05, 3.63) is 108 Å². The molecule has 1 saturated heterocycles. The number of phenols is 1. The molecule has 0 saturated carbocycles. The van der Waals surface area contributed by atoms with Gasteiger partial charge in [-0.2, -0.15) is 0 Å². The van der Waals surface area contributed by atoms with Gasteiger partial charge >= 0.3 is 0 Å². The molecule has 3 heterocycles. The fraction of sp³-hybridized carbons (Fsp3) is 0.0833. The Morgan fingerprint density at radius 1 is 0.968 bits per heavy atom. The predicted molar refractivity (Wildman–Crippen MR) is 127 cm³/mol. The van der Waals surface area contributed by atoms with Crippen molar-refractivity contribution in [3.63, 3.8) is 0 Å². The van der Waals surface area contributed by atoms with Crippen molar-refractivity contribution in [1.29, 1.82) is 0 Å². The molecule has 0 amide bonds. The molecule has 1 aliphatic heterocycles. The summed E-state index contributed by atoms with van der Waals surface area (Å²) in [6.07, 6.45) is 3.77. The molecule has 1 fully saturated rings. The highest BCUT2D eigenvalue weighted by Gasteiger charge is 2.42. The summed E-state index contributed by atoms with van der Waals surface area (Å²) in [7, 11) is 0. The summed E-state index contributed by atoms with van der Waals surface area (Å²) in [6.45, 7) is 0. The van der Waals surface area contributed by atoms with Crippen LogP contribution in [0.25, 0.3) is 5.69 Å². The Labute approximate surface area is 190 Å². The molecule has 2 N–H and O–H groups in total. The summed E-state index contributed by atoms with van der Waals surface area (Å²) in [5.41, 5.74) is 3.45. The monoisotopic (exact) mass is 446 g/mol. The van der Waals surface area contributed by atoms with Gasteiger partial charge in [-0.1, -0.05) is 35.9 Å². The molecule has 1 aliphatic rings. The smallest absolute Gasteiger partial charge is 0.174 e. The SMILES string of the molecule is Oc1ccccc1N1C(=S)NC(c2ccccn2)C1c1cccn1-c1cccc(Cl)c1. The van der Waals surface area contributed by atoms with E-state index in [1.54, 1.807) is 18.3 Å². The summed E-state index contributed by atoms with van der Waals surface area (Å²) in [5, 5.41) is 15.2. The Morgan fingerprint density at radius 2 is 1.81 bits per heavy atom. The number of phenolic OH excluding ortho intramolecular Hbond substituents is 1. The summed E-state index contributed by atoms with van der Waals surface area (Å²) in [6, 6.07) is 24.4. The normalized spacial score (nSPS) is 18.2. The molecule has 2 aromatic heterocycles. The van der Waals surface area contributed by atoms with Crippen LogP contribution in [0.4, 0.5) is 5.69 Å². The number of thiocarbonyl (C=S) groups is 1. The molecule has 2 atom stereocenters. The zero-order valence-electron chi connectivity index (χ0n) is 16.4. The number of rotatable bonds is 4. The average Bonchev–Trinajstić information content (AvgIpc) is 3.39. The quantitative estimate of drug-likeness (QED) is 0.410. The lowest BCUT2D eigenvalue weighted by molar-refractivity contribution is 0.472. The van der Waals surface area contributed by atoms with E-state index in [4.69, 9.17) is 23.8 Å². The minimum absolute atomic E-state index is 0.166. The van der Waals surface area contributed by atoms with Crippen LogP contribution < -0.4 is 10.2 Å². The number of anilines is 1. The topological polar surface area (TPSA) is 53.3 Å². The number of aromatic nitrogens is 2. The molecule has 154 valence electrons. The summed E-state index contributed by atoms with van der Waals surface area (Å²) in [4.78, 5) is 6.54. The largest absolute Gasteiger partial charge is 0.506 e. The van der Waals surface area contributed by atoms with Gasteiger partial charge in [0.05, 0.1) is 17.4 Å². The number of hydrogen-bond donors (Lipinski definition) is 2. The Balaban J connectivity index is 1.69. The molecule has 31 heavy (non-hydrogen) atoms. The molecule has 2 unspecified atom stereocenters. The number of nitrogens with zero attached hydrogens (tertiary/aromatic N) is 3. The Bertz CT molecular complexity index is 1240. The zero-order valence-corrected chi connectivity index (χ0v) is 18.0. The van der Waals surface area contributed by atoms with E-state index >= 15 is 0 Å². The number of pyridine rings is 1. The van der Waals surface area contributed by atoms with Crippen LogP contribution in [0.15, 0.2) is 91.3 Å². The molecular formula is C24H19ClN4OS. The first-order valence-corrected chi connectivity index (χ1v) is 10.6. The third-order valence-electron chi connectivity index (χ3n) is 5.41. The molecule has 5 rings (SSSR count). The van der Waals surface area contributed by atoms with Gasteiger partial charge in [-0.3, -0.25) is 4.98 Å². The van der Waals surface area contributed by atoms with Crippen LogP contribution in [0.3, 0.4) is 0 Å². The molecule has 7 heteroatoms. The van der Waals surface area contributed by atoms with Crippen molar-refractivity contribution in [1.82, 2.24) is 14.9 Å². The van der Waals surface area contributed by atoms with E-state index < -0.39 is 0 Å². The van der Waals surface area contributed by atoms with Crippen molar-refractivity contribution in [3.8, 4) is 11.4 Å². The van der Waals surface area contributed by atoms with Crippen LogP contribution in [0.1, 0.15) is 23.5 Å². The van der Waals surface area contributed by atoms with Gasteiger partial charge in [-0.25, -0.2) is 0 Å². The second-order valence-electron chi connectivity index (χ2n) is 7.27. The van der Waals surface area contributed by atoms with E-state index in [9.17, 15) is 5.11 Å². The minimum atomic E-state index is -0.246. The highest BCUT2D eigenvalue weighted by Crippen LogP contribution is 2.44. The van der Waals surface area contributed by atoms with Gasteiger partial charge < -0.3 is 19.9 Å². The lowest BCUT2D eigenvalue weighted by atomic mass is 10.0. The van der Waals surface area contributed by atoms with E-state index in [0.717, 1.165) is 17.1 Å². The predicted octanol–water partition coefficient (Wildman–Crippen LogP) is 5.41. The maximum Gasteiger partial charge on any atom is 0.174 e. The van der Waals surface area contributed by atoms with E-state index in [0.29, 0.717) is 15.8 Å². The van der Waals surface area contributed by atoms with Gasteiger partial charge in [-0.05, 0) is 66.8 Å². The van der Waals surface area contributed by atoms with Crippen LogP contribution in [-0.2, 0) is 0 Å². The summed E-state index contributed by atoms with van der Waals surface area (Å²) >= 11 is 12.0. The molecule has 2 aromatic carbocycles. The summed E-state index contributed by atoms with van der Waals surface area (Å²) < 4.78 is 2.09. The Hall–Kier alpha value is -3.35. The molecule has 4 aromatic rings. The van der Waals surface area contributed by atoms with Gasteiger partial charge in [0, 0.05) is 28.8 Å². The third kappa shape index (κ3) is 3.54. The van der Waals surface area contributed by atoms with Crippen LogP contribution in [0.5, 0.6) is 5.75 Å². The summed E-state index contributed by atoms with van der Waals surface area (Å²) in [5.74, 6) is 0.166. The minimum Gasteiger partial charge on any atom is -0.506 e. The van der Waals surface area contributed by atoms with E-state index in [1.807, 2.05) is 71.8 Å². The lowest BCUT2D eigenvalue weighted by Crippen LogP contribution is -2.30. The van der Waals surface area contributed by atoms with Gasteiger partial charge in [-0.15, -0.1) is 0 Å². The van der Waals surface area contributed by atoms with E-state index in [-0.39, 0.29) is 17.8 Å². The van der Waals surface area contributed by atoms with Gasteiger partial charge in [0.25, 0.3) is 0 Å². The Kier molecular flexibility index (Phi) is 5.10. The number of hydrogen-bond acceptors (Lipinski definition) is 3. The van der Waals surface area contributed by atoms with Crippen LogP contribution in [0.2, 0.25) is 5.02 Å². The highest BCUT2D eigenvalue weighted by atomic mass is 35.5. The maximum atomic E-state index is 10.6. The fourth-order valence-electron chi connectivity index (χ4n) is 4.08. The Morgan fingerprint density at radius 3 is 2.58 bits per heavy atom. The first-order chi connectivity index (χ1) is 15.1. The second kappa shape index (κ2) is 8.06. The van der Waals surface area contributed by atoms with Crippen LogP contribution in [-0.4, -0.2) is 19.8 Å². The maximum absolute atomic E-state index is 10.6. The van der Waals surface area contributed by atoms with Crippen LogP contribution >= 0.6 is 23.8 Å². The van der Waals surface area contributed by atoms with Crippen molar-refractivity contribution in [2.75, 3.05) is 4.90 Å². The number of benzene rings is 2. The first-order valence-electron chi connectivity index (χ1n) is 9.85. The molecule has 0 spiro atoms. The highest BCUT2D eigenvalue weighted by molar-refractivity contribution is 7.80. The van der Waals surface area contributed by atoms with Gasteiger partial charge in [0.1, 0.15) is 11.8 Å². The first kappa shape index (κ1) is 19.6. The molecule has 0 bridgehead atoms. The molecule has 0 aliphatic carbocycles. The number of para-hydroxylation sites is 2. The number of aromatic hydroxyl groups is 1. The van der Waals surface area contributed by atoms with Crippen molar-refractivity contribution >= 4 is 34.6 Å². The molecule has 5 nitrogen and oxygen atoms in total.